The summed E-state index contributed by atoms with van der Waals surface area (Å²) in [6.45, 7) is 0. The lowest BCUT2D eigenvalue weighted by Crippen LogP contribution is -1.94. The fourth-order valence-electron chi connectivity index (χ4n) is 1.76. The second-order valence-electron chi connectivity index (χ2n) is 3.75. The van der Waals surface area contributed by atoms with E-state index in [0.29, 0.717) is 5.88 Å². The molecule has 0 radical (unpaired) electrons. The van der Waals surface area contributed by atoms with Crippen LogP contribution in [0.25, 0.3) is 11.0 Å². The van der Waals surface area contributed by atoms with Gasteiger partial charge in [0.25, 0.3) is 0 Å². The van der Waals surface area contributed by atoms with Gasteiger partial charge in [0.2, 0.25) is 5.88 Å². The summed E-state index contributed by atoms with van der Waals surface area (Å²) in [7, 11) is 1.95. The van der Waals surface area contributed by atoms with Crippen LogP contribution in [0.2, 0.25) is 0 Å². The Morgan fingerprint density at radius 1 is 1.06 bits per heavy atom. The number of aryl methyl sites for hydroxylation is 1. The van der Waals surface area contributed by atoms with Gasteiger partial charge in [0.15, 0.2) is 0 Å². The van der Waals surface area contributed by atoms with Crippen molar-refractivity contribution in [3.05, 3.63) is 48.9 Å². The first-order valence-electron chi connectivity index (χ1n) is 5.33. The first kappa shape index (κ1) is 9.84. The number of aromatic nitrogens is 3. The van der Waals surface area contributed by atoms with Gasteiger partial charge in [-0.1, -0.05) is 18.2 Å². The minimum atomic E-state index is 0.578. The third-order valence-corrected chi connectivity index (χ3v) is 2.58. The summed E-state index contributed by atoms with van der Waals surface area (Å²) >= 11 is 0. The molecule has 0 fully saturated rings. The molecule has 0 aliphatic heterocycles. The Kier molecular flexibility index (Phi) is 2.26. The minimum absolute atomic E-state index is 0.578. The normalized spacial score (nSPS) is 10.6. The molecule has 0 aliphatic rings. The summed E-state index contributed by atoms with van der Waals surface area (Å²) in [5.41, 5.74) is 1.78. The van der Waals surface area contributed by atoms with Gasteiger partial charge in [-0.25, -0.2) is 4.98 Å². The highest BCUT2D eigenvalue weighted by atomic mass is 16.5. The first-order valence-corrected chi connectivity index (χ1v) is 5.33. The van der Waals surface area contributed by atoms with Crippen molar-refractivity contribution in [1.29, 1.82) is 0 Å². The number of nitrogens with zero attached hydrogens (tertiary/aromatic N) is 3. The molecular weight excluding hydrogens is 214 g/mol. The van der Waals surface area contributed by atoms with Crippen LogP contribution in [0, 0.1) is 0 Å². The van der Waals surface area contributed by atoms with Gasteiger partial charge in [-0.15, -0.1) is 0 Å². The molecule has 0 saturated carbocycles. The van der Waals surface area contributed by atoms with Crippen molar-refractivity contribution in [3.63, 3.8) is 0 Å². The molecule has 0 atom stereocenters. The van der Waals surface area contributed by atoms with Crippen LogP contribution in [0.5, 0.6) is 11.6 Å². The van der Waals surface area contributed by atoms with Gasteiger partial charge in [0, 0.05) is 13.2 Å². The molecule has 0 unspecified atom stereocenters. The minimum Gasteiger partial charge on any atom is -0.437 e. The average molecular weight is 225 g/mol. The van der Waals surface area contributed by atoms with E-state index >= 15 is 0 Å². The van der Waals surface area contributed by atoms with E-state index in [0.717, 1.165) is 16.8 Å². The second kappa shape index (κ2) is 3.90. The molecule has 1 aromatic carbocycles. The van der Waals surface area contributed by atoms with Gasteiger partial charge >= 0.3 is 0 Å². The summed E-state index contributed by atoms with van der Waals surface area (Å²) in [6, 6.07) is 11.5. The van der Waals surface area contributed by atoms with Gasteiger partial charge in [-0.2, -0.15) is 4.98 Å². The van der Waals surface area contributed by atoms with Crippen molar-refractivity contribution in [3.8, 4) is 11.6 Å². The fraction of sp³-hybridized carbons (Fsp3) is 0.0769. The van der Waals surface area contributed by atoms with Gasteiger partial charge in [0.1, 0.15) is 17.6 Å². The maximum absolute atomic E-state index is 5.76. The number of hydrogen-bond donors (Lipinski definition) is 0. The van der Waals surface area contributed by atoms with Crippen molar-refractivity contribution >= 4 is 11.0 Å². The Bertz CT molecular complexity index is 646. The van der Waals surface area contributed by atoms with E-state index in [-0.39, 0.29) is 0 Å². The topological polar surface area (TPSA) is 39.9 Å². The van der Waals surface area contributed by atoms with E-state index in [9.17, 15) is 0 Å². The van der Waals surface area contributed by atoms with E-state index < -0.39 is 0 Å². The zero-order valence-corrected chi connectivity index (χ0v) is 9.37. The molecule has 2 heterocycles. The predicted octanol–water partition coefficient (Wildman–Crippen LogP) is 2.76. The van der Waals surface area contributed by atoms with E-state index in [4.69, 9.17) is 4.74 Å². The third-order valence-electron chi connectivity index (χ3n) is 2.58. The summed E-state index contributed by atoms with van der Waals surface area (Å²) < 4.78 is 7.71. The van der Waals surface area contributed by atoms with Crippen molar-refractivity contribution in [2.75, 3.05) is 0 Å². The van der Waals surface area contributed by atoms with Crippen LogP contribution in [0.1, 0.15) is 0 Å². The maximum Gasteiger partial charge on any atom is 0.247 e. The number of para-hydroxylation sites is 1. The average Bonchev–Trinajstić information content (AvgIpc) is 2.74. The molecule has 0 bridgehead atoms. The molecule has 84 valence electrons. The maximum atomic E-state index is 5.76. The summed E-state index contributed by atoms with van der Waals surface area (Å²) in [5.74, 6) is 1.35. The van der Waals surface area contributed by atoms with Crippen LogP contribution < -0.4 is 4.74 Å². The summed E-state index contributed by atoms with van der Waals surface area (Å²) in [6.07, 6.45) is 3.46. The highest BCUT2D eigenvalue weighted by Gasteiger charge is 2.08. The number of fused-ring (bicyclic) bond motifs is 1. The molecule has 4 heteroatoms. The smallest absolute Gasteiger partial charge is 0.247 e. The molecular formula is C13H11N3O. The molecule has 0 amide bonds. The van der Waals surface area contributed by atoms with Gasteiger partial charge in [-0.05, 0) is 18.2 Å². The monoisotopic (exact) mass is 225 g/mol. The van der Waals surface area contributed by atoms with Crippen LogP contribution in [0.15, 0.2) is 48.9 Å². The van der Waals surface area contributed by atoms with Crippen LogP contribution >= 0.6 is 0 Å². The SMILES string of the molecule is Cn1ccc2ncnc(Oc3ccccc3)c21. The molecule has 4 nitrogen and oxygen atoms in total. The van der Waals surface area contributed by atoms with E-state index in [1.165, 1.54) is 6.33 Å². The summed E-state index contributed by atoms with van der Waals surface area (Å²) in [4.78, 5) is 8.37. The zero-order valence-electron chi connectivity index (χ0n) is 9.37. The van der Waals surface area contributed by atoms with E-state index in [1.807, 2.05) is 54.2 Å². The number of hydrogen-bond acceptors (Lipinski definition) is 3. The van der Waals surface area contributed by atoms with Crippen molar-refractivity contribution in [2.45, 2.75) is 0 Å². The zero-order chi connectivity index (χ0) is 11.7. The Morgan fingerprint density at radius 3 is 2.71 bits per heavy atom. The Labute approximate surface area is 98.5 Å². The molecule has 3 rings (SSSR count). The Balaban J connectivity index is 2.09. The Hall–Kier alpha value is -2.36. The summed E-state index contributed by atoms with van der Waals surface area (Å²) in [5, 5.41) is 0. The molecule has 17 heavy (non-hydrogen) atoms. The predicted molar refractivity (Wildman–Crippen MR) is 65.0 cm³/mol. The van der Waals surface area contributed by atoms with E-state index in [2.05, 4.69) is 9.97 Å². The molecule has 0 aliphatic carbocycles. The van der Waals surface area contributed by atoms with Crippen molar-refractivity contribution in [2.24, 2.45) is 7.05 Å². The quantitative estimate of drug-likeness (QED) is 0.673. The number of benzene rings is 1. The van der Waals surface area contributed by atoms with Crippen LogP contribution in [-0.2, 0) is 7.05 Å². The van der Waals surface area contributed by atoms with Crippen LogP contribution in [0.3, 0.4) is 0 Å². The van der Waals surface area contributed by atoms with Crippen LogP contribution in [-0.4, -0.2) is 14.5 Å². The lowest BCUT2D eigenvalue weighted by atomic mass is 10.3. The molecule has 2 aromatic heterocycles. The fourth-order valence-corrected chi connectivity index (χ4v) is 1.76. The molecule has 0 N–H and O–H groups in total. The third kappa shape index (κ3) is 1.73. The van der Waals surface area contributed by atoms with Crippen molar-refractivity contribution in [1.82, 2.24) is 14.5 Å². The number of rotatable bonds is 2. The first-order chi connectivity index (χ1) is 8.34. The van der Waals surface area contributed by atoms with Crippen LogP contribution in [0.4, 0.5) is 0 Å². The van der Waals surface area contributed by atoms with Crippen molar-refractivity contribution < 1.29 is 4.74 Å². The van der Waals surface area contributed by atoms with Gasteiger partial charge in [0.05, 0.1) is 5.52 Å². The number of ether oxygens (including phenoxy) is 1. The Morgan fingerprint density at radius 2 is 1.88 bits per heavy atom. The van der Waals surface area contributed by atoms with Gasteiger partial charge < -0.3 is 9.30 Å². The van der Waals surface area contributed by atoms with E-state index in [1.54, 1.807) is 0 Å². The highest BCUT2D eigenvalue weighted by Crippen LogP contribution is 2.26. The largest absolute Gasteiger partial charge is 0.437 e. The standard InChI is InChI=1S/C13H11N3O/c1-16-8-7-11-12(16)13(15-9-14-11)17-10-5-3-2-4-6-10/h2-9H,1H3. The second-order valence-corrected chi connectivity index (χ2v) is 3.75. The lowest BCUT2D eigenvalue weighted by Gasteiger charge is -2.06. The highest BCUT2D eigenvalue weighted by molar-refractivity contribution is 5.80. The molecule has 3 aromatic rings. The molecule has 0 spiro atoms. The van der Waals surface area contributed by atoms with Gasteiger partial charge in [-0.3, -0.25) is 0 Å². The molecule has 0 saturated heterocycles. The lowest BCUT2D eigenvalue weighted by molar-refractivity contribution is 0.465.